The average molecular weight is 478 g/mol. The zero-order chi connectivity index (χ0) is 17.6. The Balaban J connectivity index is 0.00000312. The van der Waals surface area contributed by atoms with Crippen molar-refractivity contribution in [1.82, 2.24) is 10.6 Å². The van der Waals surface area contributed by atoms with Gasteiger partial charge in [0.1, 0.15) is 17.1 Å². The number of rotatable bonds is 6. The van der Waals surface area contributed by atoms with Gasteiger partial charge in [-0.1, -0.05) is 29.8 Å². The molecule has 3 N–H and O–H groups in total. The van der Waals surface area contributed by atoms with Crippen molar-refractivity contribution in [2.45, 2.75) is 32.9 Å². The maximum absolute atomic E-state index is 10.6. The Kier molecular flexibility index (Phi) is 8.75. The van der Waals surface area contributed by atoms with E-state index in [2.05, 4.69) is 15.6 Å². The highest BCUT2D eigenvalue weighted by molar-refractivity contribution is 14.0. The highest BCUT2D eigenvalue weighted by Gasteiger charge is 2.27. The molecule has 2 rings (SSSR count). The molecule has 2 aromatic rings. The molecule has 0 saturated heterocycles. The van der Waals surface area contributed by atoms with E-state index < -0.39 is 5.60 Å². The Morgan fingerprint density at radius 3 is 2.56 bits per heavy atom. The molecule has 7 heteroatoms. The van der Waals surface area contributed by atoms with Gasteiger partial charge in [0.25, 0.3) is 0 Å². The normalized spacial score (nSPS) is 13.7. The summed E-state index contributed by atoms with van der Waals surface area (Å²) in [5, 5.41) is 17.6. The molecule has 0 amide bonds. The maximum atomic E-state index is 10.6. The number of halogens is 2. The molecule has 0 saturated carbocycles. The number of aliphatic imine (C=N–C) groups is 1. The zero-order valence-electron chi connectivity index (χ0n) is 14.7. The predicted octanol–water partition coefficient (Wildman–Crippen LogP) is 3.82. The number of benzene rings is 1. The fourth-order valence-electron chi connectivity index (χ4n) is 2.20. The molecule has 0 bridgehead atoms. The van der Waals surface area contributed by atoms with Crippen molar-refractivity contribution in [3.63, 3.8) is 0 Å². The van der Waals surface area contributed by atoms with Gasteiger partial charge in [-0.15, -0.1) is 24.0 Å². The van der Waals surface area contributed by atoms with Crippen LogP contribution in [0.5, 0.6) is 0 Å². The fraction of sp³-hybridized carbons (Fsp3) is 0.389. The van der Waals surface area contributed by atoms with Crippen LogP contribution in [-0.2, 0) is 12.1 Å². The van der Waals surface area contributed by atoms with Crippen molar-refractivity contribution >= 4 is 41.5 Å². The van der Waals surface area contributed by atoms with E-state index in [4.69, 9.17) is 16.0 Å². The molecule has 138 valence electrons. The molecule has 1 atom stereocenters. The fourth-order valence-corrected chi connectivity index (χ4v) is 2.40. The molecular formula is C18H25ClIN3O2. The van der Waals surface area contributed by atoms with Crippen LogP contribution in [0.1, 0.15) is 30.9 Å². The van der Waals surface area contributed by atoms with Crippen LogP contribution < -0.4 is 10.6 Å². The molecule has 1 aromatic heterocycles. The summed E-state index contributed by atoms with van der Waals surface area (Å²) in [5.41, 5.74) is -0.181. The van der Waals surface area contributed by atoms with Crippen LogP contribution in [-0.4, -0.2) is 24.2 Å². The molecule has 0 fully saturated rings. The number of aliphatic hydroxyl groups is 1. The van der Waals surface area contributed by atoms with Crippen molar-refractivity contribution in [3.8, 4) is 0 Å². The summed E-state index contributed by atoms with van der Waals surface area (Å²) in [4.78, 5) is 4.51. The van der Waals surface area contributed by atoms with Gasteiger partial charge >= 0.3 is 0 Å². The van der Waals surface area contributed by atoms with Crippen LogP contribution in [0.25, 0.3) is 0 Å². The minimum atomic E-state index is -1.13. The second kappa shape index (κ2) is 10.0. The first-order valence-corrected chi connectivity index (χ1v) is 8.35. The second-order valence-electron chi connectivity index (χ2n) is 5.82. The van der Waals surface area contributed by atoms with Gasteiger partial charge in [-0.3, -0.25) is 0 Å². The predicted molar refractivity (Wildman–Crippen MR) is 113 cm³/mol. The summed E-state index contributed by atoms with van der Waals surface area (Å²) < 4.78 is 5.52. The van der Waals surface area contributed by atoms with Crippen molar-refractivity contribution in [1.29, 1.82) is 0 Å². The summed E-state index contributed by atoms with van der Waals surface area (Å²) in [6, 6.07) is 11.2. The third-order valence-corrected chi connectivity index (χ3v) is 3.95. The first kappa shape index (κ1) is 21.8. The first-order chi connectivity index (χ1) is 11.4. The van der Waals surface area contributed by atoms with Gasteiger partial charge in [0.15, 0.2) is 5.96 Å². The highest BCUT2D eigenvalue weighted by Crippen LogP contribution is 2.22. The van der Waals surface area contributed by atoms with E-state index >= 15 is 0 Å². The van der Waals surface area contributed by atoms with E-state index in [9.17, 15) is 5.11 Å². The molecule has 0 aliphatic heterocycles. The summed E-state index contributed by atoms with van der Waals surface area (Å²) in [5.74, 6) is 1.90. The zero-order valence-corrected chi connectivity index (χ0v) is 17.8. The van der Waals surface area contributed by atoms with E-state index in [1.807, 2.05) is 44.2 Å². The second-order valence-corrected chi connectivity index (χ2v) is 6.23. The molecule has 0 spiro atoms. The minimum absolute atomic E-state index is 0. The van der Waals surface area contributed by atoms with Gasteiger partial charge in [-0.05, 0) is 44.5 Å². The topological polar surface area (TPSA) is 69.8 Å². The SMILES string of the molecule is CCNC(=NCc1ccccc1Cl)NCC(C)(O)c1ccc(C)o1.I. The van der Waals surface area contributed by atoms with Crippen LogP contribution in [0, 0.1) is 6.92 Å². The highest BCUT2D eigenvalue weighted by atomic mass is 127. The molecule has 1 unspecified atom stereocenters. The van der Waals surface area contributed by atoms with Gasteiger partial charge in [-0.2, -0.15) is 0 Å². The van der Waals surface area contributed by atoms with Crippen molar-refractivity contribution < 1.29 is 9.52 Å². The molecule has 1 aromatic carbocycles. The third-order valence-electron chi connectivity index (χ3n) is 3.58. The number of nitrogens with one attached hydrogen (secondary N) is 2. The van der Waals surface area contributed by atoms with Gasteiger partial charge in [0, 0.05) is 11.6 Å². The monoisotopic (exact) mass is 477 g/mol. The summed E-state index contributed by atoms with van der Waals surface area (Å²) >= 11 is 6.15. The Hall–Kier alpha value is -1.25. The standard InChI is InChI=1S/C18H24ClN3O2.HI/c1-4-20-17(21-11-14-7-5-6-8-15(14)19)22-12-18(3,23)16-10-9-13(2)24-16;/h5-10,23H,4,11-12H2,1-3H3,(H2,20,21,22);1H. The van der Waals surface area contributed by atoms with Crippen molar-refractivity contribution in [2.24, 2.45) is 4.99 Å². The average Bonchev–Trinajstić information content (AvgIpc) is 2.99. The number of aryl methyl sites for hydroxylation is 1. The van der Waals surface area contributed by atoms with Gasteiger partial charge in [0.2, 0.25) is 0 Å². The van der Waals surface area contributed by atoms with Crippen LogP contribution in [0.2, 0.25) is 5.02 Å². The summed E-state index contributed by atoms with van der Waals surface area (Å²) in [6.07, 6.45) is 0. The largest absolute Gasteiger partial charge is 0.463 e. The van der Waals surface area contributed by atoms with E-state index in [-0.39, 0.29) is 30.5 Å². The lowest BCUT2D eigenvalue weighted by Crippen LogP contribution is -2.44. The van der Waals surface area contributed by atoms with Gasteiger partial charge in [-0.25, -0.2) is 4.99 Å². The number of hydrogen-bond acceptors (Lipinski definition) is 3. The van der Waals surface area contributed by atoms with E-state index in [1.165, 1.54) is 0 Å². The Labute approximate surface area is 170 Å². The lowest BCUT2D eigenvalue weighted by Gasteiger charge is -2.22. The lowest BCUT2D eigenvalue weighted by atomic mass is 10.0. The maximum Gasteiger partial charge on any atom is 0.191 e. The summed E-state index contributed by atoms with van der Waals surface area (Å²) in [7, 11) is 0. The number of hydrogen-bond donors (Lipinski definition) is 3. The third kappa shape index (κ3) is 6.52. The number of guanidine groups is 1. The number of furan rings is 1. The molecule has 0 aliphatic carbocycles. The Morgan fingerprint density at radius 2 is 1.96 bits per heavy atom. The van der Waals surface area contributed by atoms with Crippen LogP contribution in [0.3, 0.4) is 0 Å². The van der Waals surface area contributed by atoms with E-state index in [1.54, 1.807) is 13.0 Å². The van der Waals surface area contributed by atoms with Crippen LogP contribution in [0.15, 0.2) is 45.8 Å². The Bertz CT molecular complexity index is 701. The van der Waals surface area contributed by atoms with Gasteiger partial charge < -0.3 is 20.2 Å². The number of nitrogens with zero attached hydrogens (tertiary/aromatic N) is 1. The van der Waals surface area contributed by atoms with Crippen LogP contribution in [0.4, 0.5) is 0 Å². The van der Waals surface area contributed by atoms with E-state index in [0.29, 0.717) is 23.3 Å². The van der Waals surface area contributed by atoms with Crippen LogP contribution >= 0.6 is 35.6 Å². The molecule has 0 radical (unpaired) electrons. The molecular weight excluding hydrogens is 453 g/mol. The van der Waals surface area contributed by atoms with E-state index in [0.717, 1.165) is 17.9 Å². The first-order valence-electron chi connectivity index (χ1n) is 7.97. The molecule has 1 heterocycles. The molecule has 0 aliphatic rings. The minimum Gasteiger partial charge on any atom is -0.463 e. The van der Waals surface area contributed by atoms with Crippen molar-refractivity contribution in [2.75, 3.05) is 13.1 Å². The molecule has 5 nitrogen and oxygen atoms in total. The van der Waals surface area contributed by atoms with Gasteiger partial charge in [0.05, 0.1) is 13.1 Å². The van der Waals surface area contributed by atoms with Crippen molar-refractivity contribution in [3.05, 3.63) is 58.5 Å². The molecule has 25 heavy (non-hydrogen) atoms. The summed E-state index contributed by atoms with van der Waals surface area (Å²) in [6.45, 7) is 6.99. The Morgan fingerprint density at radius 1 is 1.24 bits per heavy atom. The smallest absolute Gasteiger partial charge is 0.191 e. The lowest BCUT2D eigenvalue weighted by molar-refractivity contribution is 0.0378. The quantitative estimate of drug-likeness (QED) is 0.336.